The minimum Gasteiger partial charge on any atom is -0.496 e. The summed E-state index contributed by atoms with van der Waals surface area (Å²) in [5, 5.41) is 0. The summed E-state index contributed by atoms with van der Waals surface area (Å²) in [6.45, 7) is 2.01. The van der Waals surface area contributed by atoms with Gasteiger partial charge in [0.1, 0.15) is 11.5 Å². The second kappa shape index (κ2) is 6.83. The SMILES string of the molecule is COC(=O)[C@@H]1CCCC[C@H]1c1c(OC)cc(C)cc1OC. The molecule has 0 N–H and O–H groups in total. The van der Waals surface area contributed by atoms with Crippen LogP contribution in [0.2, 0.25) is 0 Å². The fraction of sp³-hybridized carbons (Fsp3) is 0.588. The highest BCUT2D eigenvalue weighted by molar-refractivity contribution is 5.74. The normalized spacial score (nSPS) is 21.7. The van der Waals surface area contributed by atoms with Crippen LogP contribution in [0.4, 0.5) is 0 Å². The Kier molecular flexibility index (Phi) is 5.10. The molecule has 0 unspecified atom stereocenters. The number of esters is 1. The third kappa shape index (κ3) is 3.14. The first-order chi connectivity index (χ1) is 10.1. The summed E-state index contributed by atoms with van der Waals surface area (Å²) in [4.78, 5) is 12.1. The van der Waals surface area contributed by atoms with Gasteiger partial charge in [0.05, 0.1) is 27.2 Å². The topological polar surface area (TPSA) is 44.8 Å². The Morgan fingerprint density at radius 1 is 1.05 bits per heavy atom. The maximum atomic E-state index is 12.1. The molecular weight excluding hydrogens is 268 g/mol. The van der Waals surface area contributed by atoms with Gasteiger partial charge in [0, 0.05) is 11.5 Å². The van der Waals surface area contributed by atoms with E-state index in [-0.39, 0.29) is 17.8 Å². The van der Waals surface area contributed by atoms with Crippen LogP contribution in [-0.4, -0.2) is 27.3 Å². The molecule has 1 aliphatic rings. The molecule has 4 heteroatoms. The van der Waals surface area contributed by atoms with E-state index in [0.717, 1.165) is 48.3 Å². The number of benzene rings is 1. The van der Waals surface area contributed by atoms with Crippen molar-refractivity contribution in [2.45, 2.75) is 38.5 Å². The molecule has 0 saturated heterocycles. The second-order valence-corrected chi connectivity index (χ2v) is 5.60. The molecule has 0 heterocycles. The van der Waals surface area contributed by atoms with E-state index in [2.05, 4.69) is 0 Å². The summed E-state index contributed by atoms with van der Waals surface area (Å²) in [5.74, 6) is 1.44. The molecule has 1 fully saturated rings. The molecule has 0 radical (unpaired) electrons. The van der Waals surface area contributed by atoms with Gasteiger partial charge in [-0.25, -0.2) is 0 Å². The predicted molar refractivity (Wildman–Crippen MR) is 81.0 cm³/mol. The molecule has 0 spiro atoms. The van der Waals surface area contributed by atoms with Gasteiger partial charge in [0.25, 0.3) is 0 Å². The number of hydrogen-bond donors (Lipinski definition) is 0. The van der Waals surface area contributed by atoms with Crippen molar-refractivity contribution in [2.75, 3.05) is 21.3 Å². The monoisotopic (exact) mass is 292 g/mol. The lowest BCUT2D eigenvalue weighted by molar-refractivity contribution is -0.147. The molecule has 0 amide bonds. The van der Waals surface area contributed by atoms with Crippen molar-refractivity contribution in [3.8, 4) is 11.5 Å². The lowest BCUT2D eigenvalue weighted by atomic mass is 9.74. The minimum atomic E-state index is -0.135. The Bertz CT molecular complexity index is 485. The van der Waals surface area contributed by atoms with Crippen LogP contribution in [0.5, 0.6) is 11.5 Å². The second-order valence-electron chi connectivity index (χ2n) is 5.60. The first-order valence-corrected chi connectivity index (χ1v) is 7.42. The average molecular weight is 292 g/mol. The first-order valence-electron chi connectivity index (χ1n) is 7.42. The first kappa shape index (κ1) is 15.7. The molecular formula is C17H24O4. The van der Waals surface area contributed by atoms with Crippen LogP contribution in [-0.2, 0) is 9.53 Å². The van der Waals surface area contributed by atoms with Crippen LogP contribution in [0.25, 0.3) is 0 Å². The summed E-state index contributed by atoms with van der Waals surface area (Å²) >= 11 is 0. The molecule has 21 heavy (non-hydrogen) atoms. The number of aryl methyl sites for hydroxylation is 1. The minimum absolute atomic E-state index is 0.0942. The largest absolute Gasteiger partial charge is 0.496 e. The highest BCUT2D eigenvalue weighted by atomic mass is 16.5. The highest BCUT2D eigenvalue weighted by Crippen LogP contribution is 2.46. The average Bonchev–Trinajstić information content (AvgIpc) is 2.53. The Morgan fingerprint density at radius 3 is 2.14 bits per heavy atom. The third-order valence-corrected chi connectivity index (χ3v) is 4.33. The van der Waals surface area contributed by atoms with Crippen molar-refractivity contribution in [3.05, 3.63) is 23.3 Å². The number of rotatable bonds is 4. The van der Waals surface area contributed by atoms with Gasteiger partial charge in [-0.05, 0) is 37.5 Å². The van der Waals surface area contributed by atoms with Crippen molar-refractivity contribution >= 4 is 5.97 Å². The number of methoxy groups -OCH3 is 3. The van der Waals surface area contributed by atoms with E-state index in [4.69, 9.17) is 14.2 Å². The van der Waals surface area contributed by atoms with Crippen LogP contribution in [0, 0.1) is 12.8 Å². The fourth-order valence-corrected chi connectivity index (χ4v) is 3.35. The summed E-state index contributed by atoms with van der Waals surface area (Å²) in [5.41, 5.74) is 2.08. The van der Waals surface area contributed by atoms with Gasteiger partial charge in [0.2, 0.25) is 0 Å². The Balaban J connectivity index is 2.49. The molecule has 1 aliphatic carbocycles. The zero-order valence-corrected chi connectivity index (χ0v) is 13.3. The van der Waals surface area contributed by atoms with E-state index in [0.29, 0.717) is 0 Å². The number of ether oxygens (including phenoxy) is 3. The summed E-state index contributed by atoms with van der Waals surface area (Å²) < 4.78 is 16.1. The summed E-state index contributed by atoms with van der Waals surface area (Å²) in [6.07, 6.45) is 3.98. The fourth-order valence-electron chi connectivity index (χ4n) is 3.35. The lowest BCUT2D eigenvalue weighted by Gasteiger charge is -2.32. The molecule has 1 saturated carbocycles. The molecule has 4 nitrogen and oxygen atoms in total. The quantitative estimate of drug-likeness (QED) is 0.797. The number of hydrogen-bond acceptors (Lipinski definition) is 4. The van der Waals surface area contributed by atoms with Crippen molar-refractivity contribution in [3.63, 3.8) is 0 Å². The van der Waals surface area contributed by atoms with Crippen LogP contribution >= 0.6 is 0 Å². The van der Waals surface area contributed by atoms with Gasteiger partial charge in [-0.3, -0.25) is 4.79 Å². The highest BCUT2D eigenvalue weighted by Gasteiger charge is 2.36. The van der Waals surface area contributed by atoms with Crippen LogP contribution in [0.15, 0.2) is 12.1 Å². The van der Waals surface area contributed by atoms with Gasteiger partial charge in [-0.2, -0.15) is 0 Å². The molecule has 2 atom stereocenters. The van der Waals surface area contributed by atoms with Gasteiger partial charge < -0.3 is 14.2 Å². The van der Waals surface area contributed by atoms with Gasteiger partial charge in [0.15, 0.2) is 0 Å². The molecule has 1 aromatic rings. The summed E-state index contributed by atoms with van der Waals surface area (Å²) in [7, 11) is 4.78. The van der Waals surface area contributed by atoms with Crippen molar-refractivity contribution in [2.24, 2.45) is 5.92 Å². The molecule has 116 valence electrons. The lowest BCUT2D eigenvalue weighted by Crippen LogP contribution is -2.27. The Morgan fingerprint density at radius 2 is 1.62 bits per heavy atom. The molecule has 1 aromatic carbocycles. The van der Waals surface area contributed by atoms with Crippen molar-refractivity contribution in [1.82, 2.24) is 0 Å². The molecule has 0 bridgehead atoms. The standard InChI is InChI=1S/C17H24O4/c1-11-9-14(19-2)16(15(10-11)20-3)12-7-5-6-8-13(12)17(18)21-4/h9-10,12-13H,5-8H2,1-4H3/t12-,13-/m1/s1. The van der Waals surface area contributed by atoms with E-state index < -0.39 is 0 Å². The van der Waals surface area contributed by atoms with Crippen LogP contribution in [0.3, 0.4) is 0 Å². The van der Waals surface area contributed by atoms with Crippen LogP contribution < -0.4 is 9.47 Å². The maximum Gasteiger partial charge on any atom is 0.309 e. The third-order valence-electron chi connectivity index (χ3n) is 4.33. The number of carbonyl (C=O) groups excluding carboxylic acids is 1. The summed E-state index contributed by atoms with van der Waals surface area (Å²) in [6, 6.07) is 4.00. The maximum absolute atomic E-state index is 12.1. The van der Waals surface area contributed by atoms with E-state index in [1.807, 2.05) is 19.1 Å². The van der Waals surface area contributed by atoms with E-state index in [1.165, 1.54) is 7.11 Å². The van der Waals surface area contributed by atoms with Crippen molar-refractivity contribution < 1.29 is 19.0 Å². The zero-order valence-electron chi connectivity index (χ0n) is 13.3. The molecule has 0 aromatic heterocycles. The van der Waals surface area contributed by atoms with E-state index >= 15 is 0 Å². The zero-order chi connectivity index (χ0) is 15.4. The van der Waals surface area contributed by atoms with Crippen LogP contribution in [0.1, 0.15) is 42.7 Å². The number of carbonyl (C=O) groups is 1. The Hall–Kier alpha value is -1.71. The van der Waals surface area contributed by atoms with Crippen molar-refractivity contribution in [1.29, 1.82) is 0 Å². The smallest absolute Gasteiger partial charge is 0.309 e. The van der Waals surface area contributed by atoms with E-state index in [1.54, 1.807) is 14.2 Å². The van der Waals surface area contributed by atoms with Gasteiger partial charge >= 0.3 is 5.97 Å². The molecule has 2 rings (SSSR count). The van der Waals surface area contributed by atoms with Gasteiger partial charge in [-0.15, -0.1) is 0 Å². The van der Waals surface area contributed by atoms with Gasteiger partial charge in [-0.1, -0.05) is 12.8 Å². The Labute approximate surface area is 126 Å². The van der Waals surface area contributed by atoms with E-state index in [9.17, 15) is 4.79 Å². The molecule has 0 aliphatic heterocycles. The predicted octanol–water partition coefficient (Wildman–Crippen LogP) is 3.46.